The lowest BCUT2D eigenvalue weighted by Gasteiger charge is -2.28. The van der Waals surface area contributed by atoms with Gasteiger partial charge in [-0.3, -0.25) is 13.9 Å². The van der Waals surface area contributed by atoms with E-state index in [1.54, 1.807) is 11.0 Å². The quantitative estimate of drug-likeness (QED) is 0.148. The molecule has 0 aromatic heterocycles. The Hall–Kier alpha value is -4.08. The van der Waals surface area contributed by atoms with E-state index in [-0.39, 0.29) is 53.8 Å². The molecule has 1 saturated carbocycles. The molecule has 0 bridgehead atoms. The van der Waals surface area contributed by atoms with E-state index in [2.05, 4.69) is 10.6 Å². The number of amides is 2. The van der Waals surface area contributed by atoms with Crippen LogP contribution in [-0.2, 0) is 34.7 Å². The summed E-state index contributed by atoms with van der Waals surface area (Å²) in [5.41, 5.74) is -0.567. The van der Waals surface area contributed by atoms with Crippen LogP contribution in [0.4, 0.5) is 27.6 Å². The number of anilines is 1. The Bertz CT molecular complexity index is 1930. The van der Waals surface area contributed by atoms with Crippen LogP contribution in [0.1, 0.15) is 95.3 Å². The summed E-state index contributed by atoms with van der Waals surface area (Å²) in [5.74, 6) is -2.85. The second-order valence-electron chi connectivity index (χ2n) is 14.1. The molecule has 0 spiro atoms. The molecule has 288 valence electrons. The number of hydrogen-bond donors (Lipinski definition) is 3. The Morgan fingerprint density at radius 3 is 2.23 bits per heavy atom. The number of aliphatic hydroxyl groups is 1. The molecule has 53 heavy (non-hydrogen) atoms. The number of nitrogens with zero attached hydrogens (tertiary/aromatic N) is 2. The molecular formula is C38H45F5N4O5S. The summed E-state index contributed by atoms with van der Waals surface area (Å²) in [6.45, 7) is 3.89. The van der Waals surface area contributed by atoms with E-state index in [9.17, 15) is 45.1 Å². The summed E-state index contributed by atoms with van der Waals surface area (Å²) in [6.07, 6.45) is -1.20. The first-order chi connectivity index (χ1) is 24.9. The molecule has 2 atom stereocenters. The second-order valence-corrected chi connectivity index (χ2v) is 16.1. The SMILES string of the molecule is CCCC(CCC)N1Cc2c(C(=O)N[C@@H](Cc3cc(F)cc(F)c3)[C@@H](O)CNC3(c4cccc(C(F)(F)F)c4)CC3)cc(N(C)S(C)(=O)=O)cc2C1=O. The maximum atomic E-state index is 14.3. The molecular weight excluding hydrogens is 719 g/mol. The minimum atomic E-state index is -4.55. The molecule has 2 amide bonds. The van der Waals surface area contributed by atoms with Crippen molar-refractivity contribution in [3.63, 3.8) is 0 Å². The molecule has 3 aromatic rings. The minimum Gasteiger partial charge on any atom is -0.390 e. The van der Waals surface area contributed by atoms with Crippen molar-refractivity contribution in [3.05, 3.63) is 99.6 Å². The number of alkyl halides is 3. The molecule has 0 saturated heterocycles. The molecule has 5 rings (SSSR count). The fourth-order valence-electron chi connectivity index (χ4n) is 7.05. The Labute approximate surface area is 306 Å². The van der Waals surface area contributed by atoms with Gasteiger partial charge in [-0.15, -0.1) is 0 Å². The van der Waals surface area contributed by atoms with Gasteiger partial charge in [0.2, 0.25) is 10.0 Å². The largest absolute Gasteiger partial charge is 0.416 e. The van der Waals surface area contributed by atoms with E-state index in [4.69, 9.17) is 0 Å². The van der Waals surface area contributed by atoms with E-state index in [0.29, 0.717) is 30.0 Å². The summed E-state index contributed by atoms with van der Waals surface area (Å²) < 4.78 is 95.0. The molecule has 1 aliphatic heterocycles. The molecule has 1 aliphatic carbocycles. The van der Waals surface area contributed by atoms with E-state index < -0.39 is 57.0 Å². The van der Waals surface area contributed by atoms with Gasteiger partial charge in [0.15, 0.2) is 0 Å². The number of rotatable bonds is 16. The molecule has 15 heteroatoms. The van der Waals surface area contributed by atoms with Gasteiger partial charge in [-0.05, 0) is 85.2 Å². The van der Waals surface area contributed by atoms with Crippen LogP contribution in [0.15, 0.2) is 54.6 Å². The van der Waals surface area contributed by atoms with Crippen molar-refractivity contribution in [2.24, 2.45) is 0 Å². The number of carbonyl (C=O) groups is 2. The minimum absolute atomic E-state index is 0.00573. The first kappa shape index (κ1) is 40.1. The standard InChI is InChI=1S/C38H45F5N4O5S/c1-5-8-28(9-6-2)47-22-32-30(19-29(20-31(32)36(47)50)46(3)53(4,51)52)35(49)45-33(16-23-14-26(39)18-27(40)15-23)34(48)21-44-37(12-13-37)24-10-7-11-25(17-24)38(41,42)43/h7,10-11,14-15,17-20,28,33-34,44,48H,5-6,8-9,12-13,16,21-22H2,1-4H3,(H,45,49)/t33-,34-/m0/s1. The molecule has 0 radical (unpaired) electrons. The summed E-state index contributed by atoms with van der Waals surface area (Å²) in [7, 11) is -2.53. The average Bonchev–Trinajstić information content (AvgIpc) is 3.81. The topological polar surface area (TPSA) is 119 Å². The van der Waals surface area contributed by atoms with Gasteiger partial charge in [0.25, 0.3) is 11.8 Å². The van der Waals surface area contributed by atoms with Gasteiger partial charge in [-0.1, -0.05) is 38.8 Å². The van der Waals surface area contributed by atoms with Gasteiger partial charge in [-0.2, -0.15) is 13.2 Å². The van der Waals surface area contributed by atoms with Crippen molar-refractivity contribution >= 4 is 27.5 Å². The zero-order valence-corrected chi connectivity index (χ0v) is 30.9. The molecule has 3 N–H and O–H groups in total. The predicted molar refractivity (Wildman–Crippen MR) is 191 cm³/mol. The van der Waals surface area contributed by atoms with E-state index in [1.807, 2.05) is 13.8 Å². The zero-order valence-electron chi connectivity index (χ0n) is 30.1. The van der Waals surface area contributed by atoms with Crippen molar-refractivity contribution < 1.29 is 45.1 Å². The lowest BCUT2D eigenvalue weighted by molar-refractivity contribution is -0.137. The third-order valence-electron chi connectivity index (χ3n) is 10.1. The van der Waals surface area contributed by atoms with Crippen molar-refractivity contribution in [2.45, 2.75) is 95.2 Å². The van der Waals surface area contributed by atoms with Crippen LogP contribution in [0, 0.1) is 11.6 Å². The number of carbonyl (C=O) groups excluding carboxylic acids is 2. The highest BCUT2D eigenvalue weighted by atomic mass is 32.2. The summed E-state index contributed by atoms with van der Waals surface area (Å²) in [4.78, 5) is 29.8. The van der Waals surface area contributed by atoms with Crippen LogP contribution >= 0.6 is 0 Å². The summed E-state index contributed by atoms with van der Waals surface area (Å²) >= 11 is 0. The van der Waals surface area contributed by atoms with Crippen molar-refractivity contribution in [1.29, 1.82) is 0 Å². The average molecular weight is 765 g/mol. The number of aliphatic hydroxyl groups excluding tert-OH is 1. The normalized spacial score (nSPS) is 16.4. The lowest BCUT2D eigenvalue weighted by atomic mass is 9.97. The fourth-order valence-corrected chi connectivity index (χ4v) is 7.54. The van der Waals surface area contributed by atoms with Crippen LogP contribution in [0.5, 0.6) is 0 Å². The van der Waals surface area contributed by atoms with Crippen molar-refractivity contribution in [3.8, 4) is 0 Å². The molecule has 1 fully saturated rings. The van der Waals surface area contributed by atoms with Gasteiger partial charge < -0.3 is 20.6 Å². The van der Waals surface area contributed by atoms with Crippen LogP contribution in [0.25, 0.3) is 0 Å². The number of sulfonamides is 1. The fraction of sp³-hybridized carbons (Fsp3) is 0.474. The highest BCUT2D eigenvalue weighted by Crippen LogP contribution is 2.46. The monoisotopic (exact) mass is 764 g/mol. The molecule has 1 heterocycles. The second kappa shape index (κ2) is 15.7. The Balaban J connectivity index is 1.48. The molecule has 2 aliphatic rings. The van der Waals surface area contributed by atoms with Crippen molar-refractivity contribution in [1.82, 2.24) is 15.5 Å². The Morgan fingerprint density at radius 1 is 1.02 bits per heavy atom. The number of hydrogen-bond acceptors (Lipinski definition) is 6. The Kier molecular flexibility index (Phi) is 11.9. The number of fused-ring (bicyclic) bond motifs is 1. The van der Waals surface area contributed by atoms with Gasteiger partial charge in [0, 0.05) is 48.9 Å². The van der Waals surface area contributed by atoms with E-state index >= 15 is 0 Å². The van der Waals surface area contributed by atoms with Gasteiger partial charge in [0.1, 0.15) is 11.6 Å². The number of nitrogens with one attached hydrogen (secondary N) is 2. The smallest absolute Gasteiger partial charge is 0.390 e. The van der Waals surface area contributed by atoms with Gasteiger partial charge in [-0.25, -0.2) is 17.2 Å². The van der Waals surface area contributed by atoms with Crippen LogP contribution in [-0.4, -0.2) is 68.3 Å². The van der Waals surface area contributed by atoms with E-state index in [0.717, 1.165) is 60.5 Å². The zero-order chi connectivity index (χ0) is 38.9. The number of benzene rings is 3. The van der Waals surface area contributed by atoms with Crippen LogP contribution < -0.4 is 14.9 Å². The first-order valence-corrected chi connectivity index (χ1v) is 19.5. The third-order valence-corrected chi connectivity index (χ3v) is 11.4. The van der Waals surface area contributed by atoms with Gasteiger partial charge in [0.05, 0.1) is 29.7 Å². The molecule has 0 unspecified atom stereocenters. The first-order valence-electron chi connectivity index (χ1n) is 17.6. The maximum Gasteiger partial charge on any atom is 0.416 e. The van der Waals surface area contributed by atoms with Crippen LogP contribution in [0.3, 0.4) is 0 Å². The summed E-state index contributed by atoms with van der Waals surface area (Å²) in [6, 6.07) is 9.19. The predicted octanol–water partition coefficient (Wildman–Crippen LogP) is 6.28. The molecule has 3 aromatic carbocycles. The lowest BCUT2D eigenvalue weighted by Crippen LogP contribution is -2.50. The number of halogens is 5. The third kappa shape index (κ3) is 9.18. The maximum absolute atomic E-state index is 14.3. The highest BCUT2D eigenvalue weighted by molar-refractivity contribution is 7.92. The van der Waals surface area contributed by atoms with Gasteiger partial charge >= 0.3 is 6.18 Å². The van der Waals surface area contributed by atoms with Crippen molar-refractivity contribution in [2.75, 3.05) is 24.2 Å². The van der Waals surface area contributed by atoms with Crippen LogP contribution in [0.2, 0.25) is 0 Å². The highest BCUT2D eigenvalue weighted by Gasteiger charge is 2.46. The Morgan fingerprint density at radius 2 is 1.66 bits per heavy atom. The molecule has 9 nitrogen and oxygen atoms in total. The summed E-state index contributed by atoms with van der Waals surface area (Å²) in [5, 5.41) is 17.5. The van der Waals surface area contributed by atoms with E-state index in [1.165, 1.54) is 25.2 Å².